The Bertz CT molecular complexity index is 107. The first-order valence-corrected chi connectivity index (χ1v) is 4.21. The minimum absolute atomic E-state index is 0.0371. The van der Waals surface area contributed by atoms with Gasteiger partial charge in [-0.2, -0.15) is 0 Å². The second-order valence-electron chi connectivity index (χ2n) is 2.21. The first kappa shape index (κ1) is 12.5. The Kier molecular flexibility index (Phi) is 11.1. The van der Waals surface area contributed by atoms with Gasteiger partial charge in [0.15, 0.2) is 6.61 Å². The summed E-state index contributed by atoms with van der Waals surface area (Å²) in [5.41, 5.74) is 0. The molecule has 0 radical (unpaired) electrons. The molecule has 0 atom stereocenters. The van der Waals surface area contributed by atoms with Crippen molar-refractivity contribution in [2.45, 2.75) is 0 Å². The molecule has 0 heterocycles. The molecule has 13 heavy (non-hydrogen) atoms. The van der Waals surface area contributed by atoms with E-state index in [1.807, 2.05) is 0 Å². The van der Waals surface area contributed by atoms with Gasteiger partial charge in [-0.1, -0.05) is 0 Å². The summed E-state index contributed by atoms with van der Waals surface area (Å²) < 4.78 is 14.9. The number of ether oxygens (including phenoxy) is 3. The summed E-state index contributed by atoms with van der Waals surface area (Å²) in [6.45, 7) is 2.52. The number of carbonyl (C=O) groups excluding carboxylic acids is 1. The topological polar surface area (TPSA) is 69.3 Å². The van der Waals surface area contributed by atoms with Gasteiger partial charge in [0.2, 0.25) is 0 Å². The van der Waals surface area contributed by atoms with Gasteiger partial charge in [-0.05, 0) is 0 Å². The van der Waals surface area contributed by atoms with Crippen molar-refractivity contribution in [3.8, 4) is 0 Å². The van der Waals surface area contributed by atoms with E-state index in [0.29, 0.717) is 33.0 Å². The van der Waals surface area contributed by atoms with Crippen molar-refractivity contribution in [3.05, 3.63) is 0 Å². The highest BCUT2D eigenvalue weighted by Crippen LogP contribution is 1.79. The van der Waals surface area contributed by atoms with Crippen molar-refractivity contribution >= 4 is 6.29 Å². The lowest BCUT2D eigenvalue weighted by atomic mass is 10.7. The summed E-state index contributed by atoms with van der Waals surface area (Å²) >= 11 is 0. The van der Waals surface area contributed by atoms with Crippen LogP contribution in [0.2, 0.25) is 0 Å². The summed E-state index contributed by atoms with van der Waals surface area (Å²) in [6, 6.07) is 0. The van der Waals surface area contributed by atoms with Gasteiger partial charge < -0.3 is 19.3 Å². The third kappa shape index (κ3) is 11.5. The maximum Gasteiger partial charge on any atom is 0.307 e. The molecule has 0 bridgehead atoms. The molecule has 0 aliphatic heterocycles. The van der Waals surface area contributed by atoms with Crippen molar-refractivity contribution in [1.29, 1.82) is 0 Å². The van der Waals surface area contributed by atoms with Crippen LogP contribution in [-0.4, -0.2) is 62.4 Å². The third-order valence-electron chi connectivity index (χ3n) is 1.17. The minimum Gasteiger partial charge on any atom is -0.394 e. The Morgan fingerprint density at radius 3 is 2.00 bits per heavy atom. The number of hydrogen-bond donors (Lipinski definition) is 1. The summed E-state index contributed by atoms with van der Waals surface area (Å²) in [5.74, 6) is 0. The van der Waals surface area contributed by atoms with Crippen LogP contribution in [0, 0.1) is 0 Å². The van der Waals surface area contributed by atoms with Gasteiger partial charge in [0.25, 0.3) is 0 Å². The maximum atomic E-state index is 8.35. The summed E-state index contributed by atoms with van der Waals surface area (Å²) in [4.78, 5) is 8.23. The molecule has 0 fully saturated rings. The molecule has 78 valence electrons. The molecule has 0 aromatic rings. The van der Waals surface area contributed by atoms with Crippen LogP contribution >= 0.6 is 0 Å². The van der Waals surface area contributed by atoms with E-state index in [4.69, 9.17) is 24.1 Å². The average molecular weight is 193 g/mol. The molecule has 0 unspecified atom stereocenters. The predicted octanol–water partition coefficient (Wildman–Crippen LogP) is -0.797. The SMILES string of the molecule is OCCOCCOCCOCC=[OH+]. The molecule has 0 spiro atoms. The van der Waals surface area contributed by atoms with E-state index in [9.17, 15) is 0 Å². The monoisotopic (exact) mass is 193 g/mol. The predicted molar refractivity (Wildman–Crippen MR) is 47.5 cm³/mol. The van der Waals surface area contributed by atoms with Gasteiger partial charge in [-0.3, -0.25) is 4.79 Å². The lowest BCUT2D eigenvalue weighted by molar-refractivity contribution is 0.0129. The van der Waals surface area contributed by atoms with Crippen LogP contribution in [0.1, 0.15) is 0 Å². The fraction of sp³-hybridized carbons (Fsp3) is 0.875. The molecule has 0 rings (SSSR count). The van der Waals surface area contributed by atoms with Crippen LogP contribution in [0.5, 0.6) is 0 Å². The lowest BCUT2D eigenvalue weighted by Gasteiger charge is -2.03. The van der Waals surface area contributed by atoms with E-state index in [0.717, 1.165) is 6.29 Å². The molecule has 0 aromatic heterocycles. The number of aldehydes is 1. The van der Waals surface area contributed by atoms with Gasteiger partial charge in [-0.15, -0.1) is 0 Å². The largest absolute Gasteiger partial charge is 0.394 e. The quantitative estimate of drug-likeness (QED) is 0.280. The number of aliphatic hydroxyl groups is 1. The fourth-order valence-corrected chi connectivity index (χ4v) is 0.640. The number of aliphatic hydroxyl groups excluding tert-OH is 1. The molecule has 5 nitrogen and oxygen atoms in total. The van der Waals surface area contributed by atoms with Crippen LogP contribution in [0.25, 0.3) is 0 Å². The van der Waals surface area contributed by atoms with Crippen molar-refractivity contribution in [3.63, 3.8) is 0 Å². The van der Waals surface area contributed by atoms with Crippen molar-refractivity contribution in [2.24, 2.45) is 0 Å². The Morgan fingerprint density at radius 1 is 0.923 bits per heavy atom. The highest BCUT2D eigenvalue weighted by Gasteiger charge is 1.90. The molecule has 0 amide bonds. The molecular weight excluding hydrogens is 176 g/mol. The molecule has 0 saturated carbocycles. The van der Waals surface area contributed by atoms with E-state index in [1.54, 1.807) is 0 Å². The summed E-state index contributed by atoms with van der Waals surface area (Å²) in [6.07, 6.45) is 0.949. The second kappa shape index (κ2) is 11.5. The Balaban J connectivity index is 2.79. The highest BCUT2D eigenvalue weighted by molar-refractivity contribution is 5.51. The standard InChI is InChI=1S/C8H16O5/c9-1-3-11-5-7-13-8-6-12-4-2-10/h1,10H,2-8H2/p+1. The molecule has 0 saturated heterocycles. The van der Waals surface area contributed by atoms with Gasteiger partial charge in [-0.25, -0.2) is 0 Å². The summed E-state index contributed by atoms with van der Waals surface area (Å²) in [7, 11) is 0. The van der Waals surface area contributed by atoms with E-state index in [1.165, 1.54) is 0 Å². The Hall–Kier alpha value is -0.490. The fourth-order valence-electron chi connectivity index (χ4n) is 0.640. The zero-order valence-electron chi connectivity index (χ0n) is 7.65. The zero-order chi connectivity index (χ0) is 9.78. The molecular formula is C8H17O5+. The number of hydrogen-bond acceptors (Lipinski definition) is 4. The van der Waals surface area contributed by atoms with E-state index in [2.05, 4.69) is 0 Å². The molecule has 0 aliphatic rings. The highest BCUT2D eigenvalue weighted by atomic mass is 16.5. The molecule has 0 aliphatic carbocycles. The molecule has 5 heteroatoms. The normalized spacial score (nSPS) is 10.2. The minimum atomic E-state index is 0.0371. The smallest absolute Gasteiger partial charge is 0.307 e. The zero-order valence-corrected chi connectivity index (χ0v) is 7.65. The van der Waals surface area contributed by atoms with Crippen LogP contribution in [0.4, 0.5) is 0 Å². The van der Waals surface area contributed by atoms with Crippen molar-refractivity contribution in [2.75, 3.05) is 46.2 Å². The van der Waals surface area contributed by atoms with Gasteiger partial charge >= 0.3 is 6.29 Å². The van der Waals surface area contributed by atoms with Crippen LogP contribution < -0.4 is 0 Å². The second-order valence-corrected chi connectivity index (χ2v) is 2.21. The Labute approximate surface area is 77.6 Å². The molecule has 0 aromatic carbocycles. The summed E-state index contributed by atoms with van der Waals surface area (Å²) in [5, 5.41) is 8.35. The lowest BCUT2D eigenvalue weighted by Crippen LogP contribution is -2.11. The number of rotatable bonds is 10. The van der Waals surface area contributed by atoms with Crippen molar-refractivity contribution < 1.29 is 24.1 Å². The van der Waals surface area contributed by atoms with Crippen LogP contribution in [-0.2, 0) is 14.2 Å². The maximum absolute atomic E-state index is 8.35. The van der Waals surface area contributed by atoms with Crippen LogP contribution in [0.3, 0.4) is 0 Å². The van der Waals surface area contributed by atoms with E-state index >= 15 is 0 Å². The first-order chi connectivity index (χ1) is 6.41. The van der Waals surface area contributed by atoms with E-state index < -0.39 is 0 Å². The van der Waals surface area contributed by atoms with Crippen LogP contribution in [0.15, 0.2) is 0 Å². The van der Waals surface area contributed by atoms with Gasteiger partial charge in [0, 0.05) is 0 Å². The van der Waals surface area contributed by atoms with Gasteiger partial charge in [0.05, 0.1) is 39.6 Å². The third-order valence-corrected chi connectivity index (χ3v) is 1.17. The van der Waals surface area contributed by atoms with E-state index in [-0.39, 0.29) is 13.2 Å². The average Bonchev–Trinajstić information content (AvgIpc) is 2.16. The molecule has 2 N–H and O–H groups in total. The van der Waals surface area contributed by atoms with Gasteiger partial charge in [0.1, 0.15) is 0 Å². The first-order valence-electron chi connectivity index (χ1n) is 4.21. The Morgan fingerprint density at radius 2 is 1.46 bits per heavy atom. The van der Waals surface area contributed by atoms with Crippen molar-refractivity contribution in [1.82, 2.24) is 0 Å².